The molecule has 0 aliphatic carbocycles. The summed E-state index contributed by atoms with van der Waals surface area (Å²) in [6.07, 6.45) is 3.46. The molecule has 0 aliphatic heterocycles. The summed E-state index contributed by atoms with van der Waals surface area (Å²) < 4.78 is 23.8. The van der Waals surface area contributed by atoms with E-state index in [2.05, 4.69) is 15.6 Å². The van der Waals surface area contributed by atoms with E-state index in [-0.39, 0.29) is 12.1 Å². The van der Waals surface area contributed by atoms with Crippen molar-refractivity contribution < 1.29 is 23.1 Å². The molecule has 1 aromatic carbocycles. The van der Waals surface area contributed by atoms with E-state index >= 15 is 0 Å². The summed E-state index contributed by atoms with van der Waals surface area (Å²) in [6, 6.07) is 8.70. The first kappa shape index (κ1) is 22.7. The molecule has 2 aromatic heterocycles. The monoisotopic (exact) mass is 462 g/mol. The van der Waals surface area contributed by atoms with Crippen LogP contribution in [-0.4, -0.2) is 47.1 Å². The molecule has 0 unspecified atom stereocenters. The maximum Gasteiger partial charge on any atom is 0.253 e. The van der Waals surface area contributed by atoms with Crippen LogP contribution in [-0.2, 0) is 20.4 Å². The minimum atomic E-state index is -3.48. The van der Waals surface area contributed by atoms with Crippen LogP contribution in [0.4, 0.5) is 5.13 Å². The SMILES string of the molecule is CC(C)(O)c1cccc(-c2csc(NC(=O)CNC(=O)c3ccn(S(C)(=O)=O)c3)n2)c1. The zero-order valence-corrected chi connectivity index (χ0v) is 18.8. The van der Waals surface area contributed by atoms with E-state index in [0.29, 0.717) is 10.8 Å². The second-order valence-corrected chi connectivity index (χ2v) is 10.1. The lowest BCUT2D eigenvalue weighted by molar-refractivity contribution is -0.115. The number of carbonyl (C=O) groups is 2. The van der Waals surface area contributed by atoms with Gasteiger partial charge >= 0.3 is 0 Å². The van der Waals surface area contributed by atoms with Crippen LogP contribution in [0.5, 0.6) is 0 Å². The van der Waals surface area contributed by atoms with Gasteiger partial charge in [0.05, 0.1) is 29.7 Å². The normalized spacial score (nSPS) is 11.9. The van der Waals surface area contributed by atoms with Crippen LogP contribution in [0, 0.1) is 0 Å². The van der Waals surface area contributed by atoms with E-state index in [4.69, 9.17) is 0 Å². The van der Waals surface area contributed by atoms with Crippen molar-refractivity contribution >= 4 is 38.3 Å². The molecule has 0 fully saturated rings. The highest BCUT2D eigenvalue weighted by molar-refractivity contribution is 7.89. The number of hydrogen-bond acceptors (Lipinski definition) is 7. The minimum Gasteiger partial charge on any atom is -0.386 e. The predicted molar refractivity (Wildman–Crippen MR) is 118 cm³/mol. The number of benzene rings is 1. The maximum absolute atomic E-state index is 12.2. The molecule has 2 heterocycles. The summed E-state index contributed by atoms with van der Waals surface area (Å²) in [6.45, 7) is 3.10. The van der Waals surface area contributed by atoms with E-state index in [0.717, 1.165) is 21.4 Å². The molecule has 3 N–H and O–H groups in total. The zero-order valence-electron chi connectivity index (χ0n) is 17.1. The summed E-state index contributed by atoms with van der Waals surface area (Å²) in [5.41, 5.74) is 1.35. The van der Waals surface area contributed by atoms with Gasteiger partial charge in [-0.05, 0) is 31.5 Å². The summed E-state index contributed by atoms with van der Waals surface area (Å²) >= 11 is 1.23. The van der Waals surface area contributed by atoms with Crippen LogP contribution < -0.4 is 10.6 Å². The molecule has 3 rings (SSSR count). The first-order chi connectivity index (χ1) is 14.4. The van der Waals surface area contributed by atoms with Gasteiger partial charge < -0.3 is 15.7 Å². The molecule has 0 bridgehead atoms. The molecule has 11 heteroatoms. The van der Waals surface area contributed by atoms with Crippen LogP contribution in [0.3, 0.4) is 0 Å². The third kappa shape index (κ3) is 5.78. The number of rotatable bonds is 7. The molecule has 0 saturated heterocycles. The minimum absolute atomic E-state index is 0.126. The highest BCUT2D eigenvalue weighted by Crippen LogP contribution is 2.28. The van der Waals surface area contributed by atoms with Gasteiger partial charge in [-0.15, -0.1) is 11.3 Å². The predicted octanol–water partition coefficient (Wildman–Crippen LogP) is 2.02. The molecule has 0 aliphatic rings. The van der Waals surface area contributed by atoms with Gasteiger partial charge in [-0.2, -0.15) is 0 Å². The Balaban J connectivity index is 1.59. The molecule has 0 saturated carbocycles. The topological polar surface area (TPSA) is 130 Å². The lowest BCUT2D eigenvalue weighted by Crippen LogP contribution is -2.32. The number of nitrogens with zero attached hydrogens (tertiary/aromatic N) is 2. The van der Waals surface area contributed by atoms with Gasteiger partial charge in [0.1, 0.15) is 0 Å². The van der Waals surface area contributed by atoms with Gasteiger partial charge in [0.25, 0.3) is 5.91 Å². The van der Waals surface area contributed by atoms with Crippen molar-refractivity contribution in [1.82, 2.24) is 14.3 Å². The summed E-state index contributed by atoms with van der Waals surface area (Å²) in [4.78, 5) is 28.6. The van der Waals surface area contributed by atoms with E-state index in [1.165, 1.54) is 29.8 Å². The van der Waals surface area contributed by atoms with Crippen molar-refractivity contribution in [2.75, 3.05) is 18.1 Å². The number of carbonyl (C=O) groups excluding carboxylic acids is 2. The molecular formula is C20H22N4O5S2. The fourth-order valence-corrected chi connectivity index (χ4v) is 3.99. The second-order valence-electron chi connectivity index (χ2n) is 7.40. The molecular weight excluding hydrogens is 440 g/mol. The third-order valence-electron chi connectivity index (χ3n) is 4.34. The fraction of sp³-hybridized carbons (Fsp3) is 0.250. The second kappa shape index (κ2) is 8.61. The molecule has 164 valence electrons. The molecule has 2 amide bonds. The summed E-state index contributed by atoms with van der Waals surface area (Å²) in [7, 11) is -3.48. The van der Waals surface area contributed by atoms with Gasteiger partial charge in [-0.3, -0.25) is 13.6 Å². The standard InChI is InChI=1S/C20H22N4O5S2/c1-20(2,27)15-6-4-5-13(9-15)16-12-30-19(22-16)23-17(25)10-21-18(26)14-7-8-24(11-14)31(3,28)29/h4-9,11-12,27H,10H2,1-3H3,(H,21,26)(H,22,23,25). The molecule has 31 heavy (non-hydrogen) atoms. The Labute approximate surface area is 183 Å². The number of aliphatic hydroxyl groups is 1. The Morgan fingerprint density at radius 3 is 2.65 bits per heavy atom. The Kier molecular flexibility index (Phi) is 6.30. The van der Waals surface area contributed by atoms with Gasteiger partial charge in [0, 0.05) is 23.3 Å². The molecule has 3 aromatic rings. The zero-order chi connectivity index (χ0) is 22.8. The number of thiazole rings is 1. The highest BCUT2D eigenvalue weighted by Gasteiger charge is 2.17. The van der Waals surface area contributed by atoms with Gasteiger partial charge in [0.15, 0.2) is 5.13 Å². The number of amides is 2. The quantitative estimate of drug-likeness (QED) is 0.492. The Bertz CT molecular complexity index is 1220. The van der Waals surface area contributed by atoms with Crippen LogP contribution >= 0.6 is 11.3 Å². The first-order valence-corrected chi connectivity index (χ1v) is 11.9. The smallest absolute Gasteiger partial charge is 0.253 e. The average Bonchev–Trinajstić information content (AvgIpc) is 3.35. The van der Waals surface area contributed by atoms with Crippen LogP contribution in [0.2, 0.25) is 0 Å². The van der Waals surface area contributed by atoms with Crippen molar-refractivity contribution in [3.05, 3.63) is 59.2 Å². The number of hydrogen-bond donors (Lipinski definition) is 3. The number of anilines is 1. The summed E-state index contributed by atoms with van der Waals surface area (Å²) in [5.74, 6) is -1.04. The van der Waals surface area contributed by atoms with Gasteiger partial charge in [0.2, 0.25) is 15.9 Å². The number of aromatic nitrogens is 2. The Hall–Kier alpha value is -3.02. The number of nitrogens with one attached hydrogen (secondary N) is 2. The third-order valence-corrected chi connectivity index (χ3v) is 6.09. The lowest BCUT2D eigenvalue weighted by Gasteiger charge is -2.18. The van der Waals surface area contributed by atoms with Crippen molar-refractivity contribution in [2.45, 2.75) is 19.4 Å². The van der Waals surface area contributed by atoms with Gasteiger partial charge in [-0.25, -0.2) is 13.4 Å². The molecule has 0 atom stereocenters. The van der Waals surface area contributed by atoms with Crippen LogP contribution in [0.15, 0.2) is 48.1 Å². The molecule has 9 nitrogen and oxygen atoms in total. The highest BCUT2D eigenvalue weighted by atomic mass is 32.2. The molecule has 0 spiro atoms. The maximum atomic E-state index is 12.2. The van der Waals surface area contributed by atoms with E-state index in [9.17, 15) is 23.1 Å². The first-order valence-electron chi connectivity index (χ1n) is 9.19. The van der Waals surface area contributed by atoms with Crippen molar-refractivity contribution in [2.24, 2.45) is 0 Å². The van der Waals surface area contributed by atoms with Crippen LogP contribution in [0.25, 0.3) is 11.3 Å². The average molecular weight is 463 g/mol. The van der Waals surface area contributed by atoms with Crippen molar-refractivity contribution in [1.29, 1.82) is 0 Å². The van der Waals surface area contributed by atoms with Gasteiger partial charge in [-0.1, -0.05) is 18.2 Å². The largest absolute Gasteiger partial charge is 0.386 e. The van der Waals surface area contributed by atoms with Crippen molar-refractivity contribution in [3.63, 3.8) is 0 Å². The fourth-order valence-electron chi connectivity index (χ4n) is 2.67. The molecule has 0 radical (unpaired) electrons. The Morgan fingerprint density at radius 2 is 2.00 bits per heavy atom. The lowest BCUT2D eigenvalue weighted by atomic mass is 9.96. The summed E-state index contributed by atoms with van der Waals surface area (Å²) in [5, 5.41) is 17.4. The van der Waals surface area contributed by atoms with E-state index in [1.807, 2.05) is 24.3 Å². The van der Waals surface area contributed by atoms with Crippen molar-refractivity contribution in [3.8, 4) is 11.3 Å². The van der Waals surface area contributed by atoms with E-state index in [1.54, 1.807) is 19.2 Å². The van der Waals surface area contributed by atoms with E-state index < -0.39 is 27.4 Å². The Morgan fingerprint density at radius 1 is 1.26 bits per heavy atom. The van der Waals surface area contributed by atoms with Crippen LogP contribution in [0.1, 0.15) is 29.8 Å².